The van der Waals surface area contributed by atoms with Gasteiger partial charge in [-0.25, -0.2) is 4.79 Å². The minimum atomic E-state index is -1.56. The molecule has 13 nitrogen and oxygen atoms in total. The van der Waals surface area contributed by atoms with Gasteiger partial charge in [-0.3, -0.25) is 24.0 Å². The van der Waals surface area contributed by atoms with Crippen LogP contribution in [0.3, 0.4) is 0 Å². The van der Waals surface area contributed by atoms with Crippen LogP contribution in [-0.4, -0.2) is 69.9 Å². The van der Waals surface area contributed by atoms with Gasteiger partial charge in [0.25, 0.3) is 0 Å². The van der Waals surface area contributed by atoms with E-state index >= 15 is 0 Å². The fourth-order valence-corrected chi connectivity index (χ4v) is 2.93. The van der Waals surface area contributed by atoms with Crippen LogP contribution in [0.4, 0.5) is 0 Å². The number of carbonyl (C=O) groups excluding carboxylic acids is 4. The number of rotatable bonds is 16. The first-order chi connectivity index (χ1) is 15.7. The van der Waals surface area contributed by atoms with Crippen molar-refractivity contribution in [1.29, 1.82) is 0 Å². The summed E-state index contributed by atoms with van der Waals surface area (Å²) in [7, 11) is 0. The average Bonchev–Trinajstić information content (AvgIpc) is 2.76. The van der Waals surface area contributed by atoms with Crippen molar-refractivity contribution in [2.24, 2.45) is 23.3 Å². The van der Waals surface area contributed by atoms with Gasteiger partial charge < -0.3 is 37.6 Å². The highest BCUT2D eigenvalue weighted by Crippen LogP contribution is 2.12. The number of aliphatic carboxylic acids is 2. The highest BCUT2D eigenvalue weighted by atomic mass is 16.4. The van der Waals surface area contributed by atoms with Gasteiger partial charge in [0.2, 0.25) is 23.6 Å². The molecule has 0 spiro atoms. The van der Waals surface area contributed by atoms with E-state index in [4.69, 9.17) is 16.6 Å². The smallest absolute Gasteiger partial charge is 0.326 e. The minimum Gasteiger partial charge on any atom is -0.481 e. The molecule has 0 aliphatic rings. The van der Waals surface area contributed by atoms with Crippen LogP contribution in [0.1, 0.15) is 59.8 Å². The highest BCUT2D eigenvalue weighted by Gasteiger charge is 2.33. The molecule has 0 bridgehead atoms. The Kier molecular flexibility index (Phi) is 13.4. The fourth-order valence-electron chi connectivity index (χ4n) is 2.93. The van der Waals surface area contributed by atoms with Crippen molar-refractivity contribution < 1.29 is 39.0 Å². The Hall–Kier alpha value is -3.22. The Balaban J connectivity index is 5.61. The van der Waals surface area contributed by atoms with Crippen LogP contribution in [-0.2, 0) is 28.8 Å². The molecule has 6 atom stereocenters. The summed E-state index contributed by atoms with van der Waals surface area (Å²) in [5, 5.41) is 25.0. The summed E-state index contributed by atoms with van der Waals surface area (Å²) in [6, 6.07) is -5.05. The molecule has 194 valence electrons. The number of nitrogens with two attached hydrogens (primary N) is 2. The third kappa shape index (κ3) is 10.6. The summed E-state index contributed by atoms with van der Waals surface area (Å²) < 4.78 is 0. The van der Waals surface area contributed by atoms with E-state index in [2.05, 4.69) is 16.0 Å². The van der Waals surface area contributed by atoms with Crippen molar-refractivity contribution in [2.45, 2.75) is 84.0 Å². The number of carbonyl (C=O) groups is 6. The maximum atomic E-state index is 13.0. The Morgan fingerprint density at radius 1 is 0.794 bits per heavy atom. The van der Waals surface area contributed by atoms with E-state index < -0.39 is 79.0 Å². The molecule has 0 rings (SSSR count). The summed E-state index contributed by atoms with van der Waals surface area (Å²) in [6.07, 6.45) is -0.450. The van der Waals surface area contributed by atoms with Crippen LogP contribution >= 0.6 is 0 Å². The molecule has 0 aromatic carbocycles. The maximum Gasteiger partial charge on any atom is 0.326 e. The lowest BCUT2D eigenvalue weighted by Gasteiger charge is -2.28. The van der Waals surface area contributed by atoms with E-state index in [9.17, 15) is 33.9 Å². The SMILES string of the molecule is CCC(C)C(N)C(=O)NC(C(=O)NC(CC(N)=O)C(=O)NC(CCC(=O)O)C(=O)O)C(C)CC. The van der Waals surface area contributed by atoms with Crippen molar-refractivity contribution in [2.75, 3.05) is 0 Å². The topological polar surface area (TPSA) is 231 Å². The third-order valence-electron chi connectivity index (χ3n) is 5.65. The molecule has 9 N–H and O–H groups in total. The molecule has 0 aromatic rings. The number of carboxylic acids is 2. The van der Waals surface area contributed by atoms with E-state index in [1.165, 1.54) is 0 Å². The van der Waals surface area contributed by atoms with Gasteiger partial charge in [-0.15, -0.1) is 0 Å². The predicted octanol–water partition coefficient (Wildman–Crippen LogP) is -1.31. The maximum absolute atomic E-state index is 13.0. The molecule has 0 radical (unpaired) electrons. The quantitative estimate of drug-likeness (QED) is 0.137. The number of hydrogen-bond acceptors (Lipinski definition) is 7. The van der Waals surface area contributed by atoms with Gasteiger partial charge in [0.1, 0.15) is 18.1 Å². The number of carboxylic acid groups (broad SMARTS) is 2. The first-order valence-electron chi connectivity index (χ1n) is 11.1. The Morgan fingerprint density at radius 3 is 1.76 bits per heavy atom. The van der Waals surface area contributed by atoms with E-state index in [1.807, 2.05) is 6.92 Å². The van der Waals surface area contributed by atoms with Crippen LogP contribution in [0, 0.1) is 11.8 Å². The zero-order valence-corrected chi connectivity index (χ0v) is 20.0. The second-order valence-corrected chi connectivity index (χ2v) is 8.35. The highest BCUT2D eigenvalue weighted by molar-refractivity contribution is 5.96. The normalized spacial score (nSPS) is 16.1. The Bertz CT molecular complexity index is 759. The molecule has 34 heavy (non-hydrogen) atoms. The van der Waals surface area contributed by atoms with E-state index in [-0.39, 0.29) is 11.8 Å². The summed E-state index contributed by atoms with van der Waals surface area (Å²) in [5.41, 5.74) is 11.1. The summed E-state index contributed by atoms with van der Waals surface area (Å²) in [4.78, 5) is 71.7. The average molecular weight is 488 g/mol. The molecule has 6 unspecified atom stereocenters. The minimum absolute atomic E-state index is 0.146. The van der Waals surface area contributed by atoms with Gasteiger partial charge >= 0.3 is 11.9 Å². The van der Waals surface area contributed by atoms with Gasteiger partial charge in [-0.1, -0.05) is 40.5 Å². The lowest BCUT2D eigenvalue weighted by Crippen LogP contribution is -2.59. The van der Waals surface area contributed by atoms with Crippen molar-refractivity contribution in [3.63, 3.8) is 0 Å². The van der Waals surface area contributed by atoms with Crippen molar-refractivity contribution in [3.05, 3.63) is 0 Å². The van der Waals surface area contributed by atoms with E-state index in [1.54, 1.807) is 20.8 Å². The Morgan fingerprint density at radius 2 is 1.32 bits per heavy atom. The predicted molar refractivity (Wildman–Crippen MR) is 121 cm³/mol. The first-order valence-corrected chi connectivity index (χ1v) is 11.1. The third-order valence-corrected chi connectivity index (χ3v) is 5.65. The standard InChI is InChI=1S/C21H37N5O8/c1-5-10(3)16(23)19(31)26-17(11(4)6-2)20(32)25-13(9-14(22)27)18(30)24-12(21(33)34)7-8-15(28)29/h10-13,16-17H,5-9,23H2,1-4H3,(H2,22,27)(H,24,30)(H,25,32)(H,26,31)(H,28,29)(H,33,34). The molecule has 0 saturated heterocycles. The molecular formula is C21H37N5O8. The molecule has 0 heterocycles. The van der Waals surface area contributed by atoms with E-state index in [0.29, 0.717) is 12.8 Å². The molecule has 0 saturated carbocycles. The fraction of sp³-hybridized carbons (Fsp3) is 0.714. The second-order valence-electron chi connectivity index (χ2n) is 8.35. The molecule has 0 aliphatic heterocycles. The molecule has 13 heteroatoms. The molecule has 0 aromatic heterocycles. The van der Waals surface area contributed by atoms with Gasteiger partial charge in [0.05, 0.1) is 12.5 Å². The van der Waals surface area contributed by atoms with Crippen LogP contribution in [0.15, 0.2) is 0 Å². The lowest BCUT2D eigenvalue weighted by molar-refractivity contribution is -0.143. The van der Waals surface area contributed by atoms with Gasteiger partial charge in [-0.2, -0.15) is 0 Å². The second kappa shape index (κ2) is 14.8. The van der Waals surface area contributed by atoms with Crippen LogP contribution < -0.4 is 27.4 Å². The summed E-state index contributed by atoms with van der Waals surface area (Å²) in [6.45, 7) is 7.15. The number of amides is 4. The van der Waals surface area contributed by atoms with Gasteiger partial charge in [0, 0.05) is 6.42 Å². The molecule has 0 aliphatic carbocycles. The van der Waals surface area contributed by atoms with Crippen molar-refractivity contribution in [1.82, 2.24) is 16.0 Å². The van der Waals surface area contributed by atoms with Crippen LogP contribution in [0.25, 0.3) is 0 Å². The van der Waals surface area contributed by atoms with E-state index in [0.717, 1.165) is 0 Å². The van der Waals surface area contributed by atoms with Crippen molar-refractivity contribution >= 4 is 35.6 Å². The van der Waals surface area contributed by atoms with Crippen LogP contribution in [0.2, 0.25) is 0 Å². The molecular weight excluding hydrogens is 450 g/mol. The number of hydrogen-bond donors (Lipinski definition) is 7. The Labute approximate surface area is 198 Å². The zero-order chi connectivity index (χ0) is 26.6. The molecule has 4 amide bonds. The zero-order valence-electron chi connectivity index (χ0n) is 20.0. The van der Waals surface area contributed by atoms with Crippen molar-refractivity contribution in [3.8, 4) is 0 Å². The largest absolute Gasteiger partial charge is 0.481 e. The molecule has 0 fully saturated rings. The summed E-state index contributed by atoms with van der Waals surface area (Å²) >= 11 is 0. The first kappa shape index (κ1) is 30.8. The van der Waals surface area contributed by atoms with Crippen LogP contribution in [0.5, 0.6) is 0 Å². The monoisotopic (exact) mass is 487 g/mol. The van der Waals surface area contributed by atoms with Gasteiger partial charge in [-0.05, 0) is 18.3 Å². The van der Waals surface area contributed by atoms with Gasteiger partial charge in [0.15, 0.2) is 0 Å². The number of primary amides is 1. The lowest BCUT2D eigenvalue weighted by atomic mass is 9.95. The summed E-state index contributed by atoms with van der Waals surface area (Å²) in [5.74, 6) is -6.56. The number of nitrogens with one attached hydrogen (secondary N) is 3.